The molecule has 4 atom stereocenters. The maximum atomic E-state index is 10.4. The SMILES string of the molecule is CC1(Nc2nc(NCc3ccccc3)nc(Cl)c2C(N)=S)CCC2C(O)C21C. The van der Waals surface area contributed by atoms with E-state index in [0.29, 0.717) is 29.8 Å². The first-order valence-electron chi connectivity index (χ1n) is 9.37. The van der Waals surface area contributed by atoms with Gasteiger partial charge in [-0.1, -0.05) is 61.1 Å². The average molecular weight is 418 g/mol. The average Bonchev–Trinajstić information content (AvgIpc) is 3.08. The number of nitrogens with one attached hydrogen (secondary N) is 2. The third-order valence-corrected chi connectivity index (χ3v) is 7.08. The Kier molecular flexibility index (Phi) is 4.72. The molecule has 0 saturated heterocycles. The molecule has 0 amide bonds. The maximum Gasteiger partial charge on any atom is 0.226 e. The first kappa shape index (κ1) is 19.4. The molecule has 0 bridgehead atoms. The summed E-state index contributed by atoms with van der Waals surface area (Å²) in [5.74, 6) is 1.22. The van der Waals surface area contributed by atoms with Crippen LogP contribution in [0.2, 0.25) is 5.15 Å². The number of fused-ring (bicyclic) bond motifs is 1. The van der Waals surface area contributed by atoms with Gasteiger partial charge in [0, 0.05) is 17.5 Å². The van der Waals surface area contributed by atoms with Crippen LogP contribution < -0.4 is 16.4 Å². The van der Waals surface area contributed by atoms with Gasteiger partial charge in [-0.25, -0.2) is 4.98 Å². The third kappa shape index (κ3) is 3.02. The predicted octanol–water partition coefficient (Wildman–Crippen LogP) is 3.34. The molecule has 1 heterocycles. The predicted molar refractivity (Wildman–Crippen MR) is 116 cm³/mol. The summed E-state index contributed by atoms with van der Waals surface area (Å²) in [6.07, 6.45) is 1.60. The van der Waals surface area contributed by atoms with E-state index in [2.05, 4.69) is 34.4 Å². The fourth-order valence-electron chi connectivity index (χ4n) is 4.54. The zero-order valence-corrected chi connectivity index (χ0v) is 17.4. The van der Waals surface area contributed by atoms with Gasteiger partial charge >= 0.3 is 0 Å². The van der Waals surface area contributed by atoms with Gasteiger partial charge in [0.15, 0.2) is 0 Å². The fraction of sp³-hybridized carbons (Fsp3) is 0.450. The van der Waals surface area contributed by atoms with Gasteiger partial charge in [0.1, 0.15) is 16.0 Å². The van der Waals surface area contributed by atoms with E-state index in [1.807, 2.05) is 30.3 Å². The van der Waals surface area contributed by atoms with E-state index in [9.17, 15) is 5.11 Å². The summed E-state index contributed by atoms with van der Waals surface area (Å²) in [4.78, 5) is 9.08. The Hall–Kier alpha value is -1.96. The summed E-state index contributed by atoms with van der Waals surface area (Å²) in [7, 11) is 0. The van der Waals surface area contributed by atoms with E-state index in [0.717, 1.165) is 18.4 Å². The van der Waals surface area contributed by atoms with Gasteiger partial charge in [-0.15, -0.1) is 0 Å². The van der Waals surface area contributed by atoms with Crippen LogP contribution in [0.25, 0.3) is 0 Å². The highest BCUT2D eigenvalue weighted by molar-refractivity contribution is 7.80. The number of nitrogens with zero attached hydrogens (tertiary/aromatic N) is 2. The molecule has 0 aliphatic heterocycles. The van der Waals surface area contributed by atoms with Crippen LogP contribution in [-0.2, 0) is 6.54 Å². The number of benzene rings is 1. The van der Waals surface area contributed by atoms with Crippen molar-refractivity contribution in [2.75, 3.05) is 10.6 Å². The maximum absolute atomic E-state index is 10.4. The standard InChI is InChI=1S/C20H24ClN5OS/c1-19(9-8-12-14(27)20(12,19)2)26-17-13(16(22)28)15(21)24-18(25-17)23-10-11-6-4-3-5-7-11/h3-7,12,14,27H,8-10H2,1-2H3,(H2,22,28)(H2,23,24,25,26). The number of hydrogen-bond donors (Lipinski definition) is 4. The van der Waals surface area contributed by atoms with Gasteiger partial charge in [-0.05, 0) is 31.2 Å². The highest BCUT2D eigenvalue weighted by Crippen LogP contribution is 2.68. The summed E-state index contributed by atoms with van der Waals surface area (Å²) < 4.78 is 0. The summed E-state index contributed by atoms with van der Waals surface area (Å²) in [5, 5.41) is 17.3. The third-order valence-electron chi connectivity index (χ3n) is 6.60. The van der Waals surface area contributed by atoms with Crippen molar-refractivity contribution in [3.63, 3.8) is 0 Å². The number of aliphatic hydroxyl groups excluding tert-OH is 1. The van der Waals surface area contributed by atoms with Gasteiger partial charge in [0.25, 0.3) is 0 Å². The van der Waals surface area contributed by atoms with E-state index in [-0.39, 0.29) is 27.2 Å². The lowest BCUT2D eigenvalue weighted by atomic mass is 9.84. The van der Waals surface area contributed by atoms with Crippen molar-refractivity contribution in [2.24, 2.45) is 17.1 Å². The summed E-state index contributed by atoms with van der Waals surface area (Å²) in [6.45, 7) is 4.79. The van der Waals surface area contributed by atoms with Gasteiger partial charge < -0.3 is 21.5 Å². The van der Waals surface area contributed by atoms with Crippen LogP contribution in [0.5, 0.6) is 0 Å². The van der Waals surface area contributed by atoms with E-state index < -0.39 is 0 Å². The number of rotatable bonds is 6. The highest BCUT2D eigenvalue weighted by atomic mass is 35.5. The first-order chi connectivity index (χ1) is 13.3. The van der Waals surface area contributed by atoms with Gasteiger partial charge in [0.05, 0.1) is 11.7 Å². The van der Waals surface area contributed by atoms with Crippen molar-refractivity contribution in [3.05, 3.63) is 46.6 Å². The van der Waals surface area contributed by atoms with Crippen molar-refractivity contribution in [1.82, 2.24) is 9.97 Å². The molecule has 0 radical (unpaired) electrons. The molecule has 148 valence electrons. The van der Waals surface area contributed by atoms with Crippen LogP contribution in [0.1, 0.15) is 37.8 Å². The van der Waals surface area contributed by atoms with Crippen molar-refractivity contribution in [2.45, 2.75) is 44.9 Å². The molecule has 2 saturated carbocycles. The zero-order chi connectivity index (χ0) is 20.1. The molecule has 6 nitrogen and oxygen atoms in total. The number of nitrogens with two attached hydrogens (primary N) is 1. The number of halogens is 1. The number of anilines is 2. The molecule has 2 aliphatic carbocycles. The Morgan fingerprint density at radius 2 is 2.04 bits per heavy atom. The van der Waals surface area contributed by atoms with Crippen LogP contribution >= 0.6 is 23.8 Å². The number of thiocarbonyl (C=S) groups is 1. The Morgan fingerprint density at radius 1 is 1.32 bits per heavy atom. The lowest BCUT2D eigenvalue weighted by Crippen LogP contribution is -2.43. The topological polar surface area (TPSA) is 96.1 Å². The molecule has 5 N–H and O–H groups in total. The molecule has 2 aromatic rings. The Bertz CT molecular complexity index is 926. The summed E-state index contributed by atoms with van der Waals surface area (Å²) >= 11 is 11.6. The van der Waals surface area contributed by atoms with Crippen LogP contribution in [0.15, 0.2) is 30.3 Å². The normalized spacial score (nSPS) is 30.6. The first-order valence-corrected chi connectivity index (χ1v) is 10.2. The minimum Gasteiger partial charge on any atom is -0.392 e. The Labute approximate surface area is 174 Å². The molecule has 8 heteroatoms. The fourth-order valence-corrected chi connectivity index (χ4v) is 5.06. The Balaban J connectivity index is 1.63. The molecule has 4 unspecified atom stereocenters. The van der Waals surface area contributed by atoms with Crippen molar-refractivity contribution >= 4 is 40.6 Å². The molecule has 4 rings (SSSR count). The van der Waals surface area contributed by atoms with E-state index >= 15 is 0 Å². The largest absolute Gasteiger partial charge is 0.392 e. The Morgan fingerprint density at radius 3 is 2.64 bits per heavy atom. The number of hydrogen-bond acceptors (Lipinski definition) is 6. The highest BCUT2D eigenvalue weighted by Gasteiger charge is 2.73. The van der Waals surface area contributed by atoms with Crippen molar-refractivity contribution < 1.29 is 5.11 Å². The van der Waals surface area contributed by atoms with E-state index in [1.165, 1.54) is 0 Å². The van der Waals surface area contributed by atoms with Gasteiger partial charge in [-0.3, -0.25) is 0 Å². The molecule has 1 aromatic carbocycles. The minimum atomic E-state index is -0.328. The van der Waals surface area contributed by atoms with Crippen LogP contribution in [-0.4, -0.2) is 31.7 Å². The quantitative estimate of drug-likeness (QED) is 0.422. The summed E-state index contributed by atoms with van der Waals surface area (Å²) in [6, 6.07) is 9.97. The molecular weight excluding hydrogens is 394 g/mol. The zero-order valence-electron chi connectivity index (χ0n) is 15.9. The van der Waals surface area contributed by atoms with Crippen LogP contribution in [0, 0.1) is 11.3 Å². The number of aliphatic hydroxyl groups is 1. The second kappa shape index (κ2) is 6.83. The number of aromatic nitrogens is 2. The molecule has 0 spiro atoms. The molecule has 1 aromatic heterocycles. The van der Waals surface area contributed by atoms with Crippen molar-refractivity contribution in [3.8, 4) is 0 Å². The smallest absolute Gasteiger partial charge is 0.226 e. The molecular formula is C20H24ClN5OS. The second-order valence-corrected chi connectivity index (χ2v) is 8.89. The van der Waals surface area contributed by atoms with Crippen LogP contribution in [0.4, 0.5) is 11.8 Å². The molecule has 2 aliphatic rings. The lowest BCUT2D eigenvalue weighted by Gasteiger charge is -2.35. The minimum absolute atomic E-state index is 0.141. The van der Waals surface area contributed by atoms with Gasteiger partial charge in [-0.2, -0.15) is 4.98 Å². The summed E-state index contributed by atoms with van der Waals surface area (Å²) in [5.41, 5.74) is 6.92. The molecule has 2 fully saturated rings. The van der Waals surface area contributed by atoms with Gasteiger partial charge in [0.2, 0.25) is 5.95 Å². The van der Waals surface area contributed by atoms with E-state index in [1.54, 1.807) is 0 Å². The van der Waals surface area contributed by atoms with Crippen LogP contribution in [0.3, 0.4) is 0 Å². The second-order valence-electron chi connectivity index (χ2n) is 8.09. The van der Waals surface area contributed by atoms with E-state index in [4.69, 9.17) is 29.6 Å². The van der Waals surface area contributed by atoms with Crippen molar-refractivity contribution in [1.29, 1.82) is 0 Å². The molecule has 28 heavy (non-hydrogen) atoms. The lowest BCUT2D eigenvalue weighted by molar-refractivity contribution is 0.172. The monoisotopic (exact) mass is 417 g/mol.